The highest BCUT2D eigenvalue weighted by atomic mass is 15.1. The molecule has 0 amide bonds. The molecule has 1 aliphatic rings. The fourth-order valence-corrected chi connectivity index (χ4v) is 2.47. The number of hydrogen-bond acceptors (Lipinski definition) is 3. The minimum Gasteiger partial charge on any atom is -0.315 e. The van der Waals surface area contributed by atoms with Gasteiger partial charge in [-0.3, -0.25) is 5.10 Å². The van der Waals surface area contributed by atoms with E-state index < -0.39 is 0 Å². The quantitative estimate of drug-likeness (QED) is 0.645. The van der Waals surface area contributed by atoms with E-state index in [1.165, 1.54) is 42.6 Å². The molecule has 4 nitrogen and oxygen atoms in total. The smallest absolute Gasteiger partial charge is 0.0794 e. The van der Waals surface area contributed by atoms with E-state index in [0.717, 1.165) is 32.1 Å². The molecule has 18 heavy (non-hydrogen) atoms. The van der Waals surface area contributed by atoms with Crippen molar-refractivity contribution < 1.29 is 0 Å². The molecule has 1 aliphatic carbocycles. The average Bonchev–Trinajstić information content (AvgIpc) is 2.77. The number of rotatable bonds is 7. The first-order valence-electron chi connectivity index (χ1n) is 7.24. The first-order chi connectivity index (χ1) is 8.77. The van der Waals surface area contributed by atoms with Gasteiger partial charge < -0.3 is 10.6 Å². The SMILES string of the molecule is CC(C)CNCCNCc1n[nH]c2c1CCCC2. The predicted octanol–water partition coefficient (Wildman–Crippen LogP) is 1.62. The molecule has 1 aromatic rings. The van der Waals surface area contributed by atoms with Gasteiger partial charge in [-0.05, 0) is 43.7 Å². The molecule has 0 fully saturated rings. The summed E-state index contributed by atoms with van der Waals surface area (Å²) in [5.74, 6) is 0.725. The zero-order valence-electron chi connectivity index (χ0n) is 11.7. The van der Waals surface area contributed by atoms with Crippen LogP contribution in [0.2, 0.25) is 0 Å². The van der Waals surface area contributed by atoms with Crippen molar-refractivity contribution in [3.8, 4) is 0 Å². The molecule has 0 saturated heterocycles. The lowest BCUT2D eigenvalue weighted by Crippen LogP contribution is -2.29. The number of aromatic amines is 1. The molecular weight excluding hydrogens is 224 g/mol. The summed E-state index contributed by atoms with van der Waals surface area (Å²) in [7, 11) is 0. The predicted molar refractivity (Wildman–Crippen MR) is 74.6 cm³/mol. The number of fused-ring (bicyclic) bond motifs is 1. The first-order valence-corrected chi connectivity index (χ1v) is 7.24. The second kappa shape index (κ2) is 6.90. The summed E-state index contributed by atoms with van der Waals surface area (Å²) in [6.45, 7) is 8.50. The van der Waals surface area contributed by atoms with Gasteiger partial charge >= 0.3 is 0 Å². The largest absolute Gasteiger partial charge is 0.315 e. The van der Waals surface area contributed by atoms with Crippen molar-refractivity contribution in [2.75, 3.05) is 19.6 Å². The zero-order chi connectivity index (χ0) is 12.8. The maximum Gasteiger partial charge on any atom is 0.0794 e. The molecule has 0 atom stereocenters. The second-order valence-corrected chi connectivity index (χ2v) is 5.61. The van der Waals surface area contributed by atoms with Gasteiger partial charge in [-0.1, -0.05) is 13.8 Å². The van der Waals surface area contributed by atoms with Gasteiger partial charge in [0.05, 0.1) is 5.69 Å². The van der Waals surface area contributed by atoms with Crippen LogP contribution in [0.3, 0.4) is 0 Å². The van der Waals surface area contributed by atoms with E-state index in [2.05, 4.69) is 34.7 Å². The Morgan fingerprint density at radius 3 is 2.78 bits per heavy atom. The van der Waals surface area contributed by atoms with Gasteiger partial charge in [-0.25, -0.2) is 0 Å². The molecule has 4 heteroatoms. The van der Waals surface area contributed by atoms with Crippen LogP contribution in [-0.2, 0) is 19.4 Å². The number of H-pyrrole nitrogens is 1. The lowest BCUT2D eigenvalue weighted by Gasteiger charge is -2.12. The van der Waals surface area contributed by atoms with Gasteiger partial charge in [-0.2, -0.15) is 5.10 Å². The zero-order valence-corrected chi connectivity index (χ0v) is 11.7. The van der Waals surface area contributed by atoms with Gasteiger partial charge in [0.15, 0.2) is 0 Å². The van der Waals surface area contributed by atoms with Crippen molar-refractivity contribution in [3.05, 3.63) is 17.0 Å². The van der Waals surface area contributed by atoms with Crippen LogP contribution in [0.1, 0.15) is 43.6 Å². The lowest BCUT2D eigenvalue weighted by molar-refractivity contribution is 0.533. The standard InChI is InChI=1S/C14H26N4/c1-11(2)9-15-7-8-16-10-14-12-5-3-4-6-13(12)17-18-14/h11,15-16H,3-10H2,1-2H3,(H,17,18). The van der Waals surface area contributed by atoms with E-state index in [1.54, 1.807) is 0 Å². The highest BCUT2D eigenvalue weighted by Crippen LogP contribution is 2.21. The Hall–Kier alpha value is -0.870. The Morgan fingerprint density at radius 1 is 1.17 bits per heavy atom. The number of aromatic nitrogens is 2. The van der Waals surface area contributed by atoms with Gasteiger partial charge in [0.1, 0.15) is 0 Å². The van der Waals surface area contributed by atoms with E-state index in [0.29, 0.717) is 0 Å². The Morgan fingerprint density at radius 2 is 1.94 bits per heavy atom. The molecule has 0 radical (unpaired) electrons. The van der Waals surface area contributed by atoms with Gasteiger partial charge in [-0.15, -0.1) is 0 Å². The topological polar surface area (TPSA) is 52.7 Å². The normalized spacial score (nSPS) is 15.1. The van der Waals surface area contributed by atoms with E-state index >= 15 is 0 Å². The third-order valence-electron chi connectivity index (χ3n) is 3.47. The van der Waals surface area contributed by atoms with Crippen molar-refractivity contribution in [1.29, 1.82) is 0 Å². The third kappa shape index (κ3) is 3.82. The van der Waals surface area contributed by atoms with Crippen LogP contribution < -0.4 is 10.6 Å². The maximum atomic E-state index is 4.44. The lowest BCUT2D eigenvalue weighted by atomic mass is 9.96. The van der Waals surface area contributed by atoms with Crippen molar-refractivity contribution in [1.82, 2.24) is 20.8 Å². The second-order valence-electron chi connectivity index (χ2n) is 5.61. The van der Waals surface area contributed by atoms with Crippen LogP contribution in [-0.4, -0.2) is 29.8 Å². The molecule has 1 aromatic heterocycles. The fraction of sp³-hybridized carbons (Fsp3) is 0.786. The van der Waals surface area contributed by atoms with E-state index in [4.69, 9.17) is 0 Å². The number of hydrogen-bond donors (Lipinski definition) is 3. The highest BCUT2D eigenvalue weighted by Gasteiger charge is 2.15. The Labute approximate surface area is 110 Å². The van der Waals surface area contributed by atoms with Crippen LogP contribution in [0.25, 0.3) is 0 Å². The van der Waals surface area contributed by atoms with Crippen LogP contribution in [0.5, 0.6) is 0 Å². The van der Waals surface area contributed by atoms with Crippen molar-refractivity contribution >= 4 is 0 Å². The summed E-state index contributed by atoms with van der Waals surface area (Å²) >= 11 is 0. The van der Waals surface area contributed by atoms with Crippen LogP contribution >= 0.6 is 0 Å². The van der Waals surface area contributed by atoms with Crippen molar-refractivity contribution in [2.45, 2.75) is 46.1 Å². The molecule has 0 unspecified atom stereocenters. The maximum absolute atomic E-state index is 4.44. The Bertz CT molecular complexity index is 357. The molecule has 3 N–H and O–H groups in total. The molecule has 0 aromatic carbocycles. The minimum atomic E-state index is 0.725. The average molecular weight is 250 g/mol. The Balaban J connectivity index is 1.66. The van der Waals surface area contributed by atoms with Crippen LogP contribution in [0.15, 0.2) is 0 Å². The van der Waals surface area contributed by atoms with E-state index in [1.807, 2.05) is 0 Å². The van der Waals surface area contributed by atoms with E-state index in [-0.39, 0.29) is 0 Å². The summed E-state index contributed by atoms with van der Waals surface area (Å²) in [6.07, 6.45) is 5.00. The summed E-state index contributed by atoms with van der Waals surface area (Å²) < 4.78 is 0. The van der Waals surface area contributed by atoms with Gasteiger partial charge in [0, 0.05) is 25.3 Å². The monoisotopic (exact) mass is 250 g/mol. The van der Waals surface area contributed by atoms with Crippen molar-refractivity contribution in [3.63, 3.8) is 0 Å². The number of aryl methyl sites for hydroxylation is 1. The summed E-state index contributed by atoms with van der Waals surface area (Å²) in [5, 5.41) is 14.5. The molecule has 0 bridgehead atoms. The molecular formula is C14H26N4. The molecule has 2 rings (SSSR count). The van der Waals surface area contributed by atoms with E-state index in [9.17, 15) is 0 Å². The highest BCUT2D eigenvalue weighted by molar-refractivity contribution is 5.27. The van der Waals surface area contributed by atoms with Crippen LogP contribution in [0, 0.1) is 5.92 Å². The third-order valence-corrected chi connectivity index (χ3v) is 3.47. The molecule has 102 valence electrons. The summed E-state index contributed by atoms with van der Waals surface area (Å²) in [5.41, 5.74) is 4.08. The first kappa shape index (κ1) is 13.6. The van der Waals surface area contributed by atoms with Crippen molar-refractivity contribution in [2.24, 2.45) is 5.92 Å². The van der Waals surface area contributed by atoms with Gasteiger partial charge in [0.25, 0.3) is 0 Å². The number of nitrogens with zero attached hydrogens (tertiary/aromatic N) is 1. The Kier molecular flexibility index (Phi) is 5.20. The summed E-state index contributed by atoms with van der Waals surface area (Å²) in [6, 6.07) is 0. The minimum absolute atomic E-state index is 0.725. The molecule has 0 aliphatic heterocycles. The number of nitrogens with one attached hydrogen (secondary N) is 3. The molecule has 0 saturated carbocycles. The molecule has 0 spiro atoms. The fourth-order valence-electron chi connectivity index (χ4n) is 2.47. The van der Waals surface area contributed by atoms with Crippen LogP contribution in [0.4, 0.5) is 0 Å². The molecule has 1 heterocycles. The summed E-state index contributed by atoms with van der Waals surface area (Å²) in [4.78, 5) is 0. The van der Waals surface area contributed by atoms with Gasteiger partial charge in [0.2, 0.25) is 0 Å².